The van der Waals surface area contributed by atoms with Gasteiger partial charge in [0.25, 0.3) is 5.91 Å². The molecule has 1 heterocycles. The Morgan fingerprint density at radius 3 is 2.94 bits per heavy atom. The van der Waals surface area contributed by atoms with Gasteiger partial charge in [0.1, 0.15) is 5.71 Å². The molecule has 0 aromatic rings. The van der Waals surface area contributed by atoms with Crippen LogP contribution < -0.4 is 10.7 Å². The first kappa shape index (κ1) is 13.1. The van der Waals surface area contributed by atoms with Crippen molar-refractivity contribution >= 4 is 17.5 Å². The fraction of sp³-hybridized carbons (Fsp3) is 0.769. The predicted molar refractivity (Wildman–Crippen MR) is 69.0 cm³/mol. The molecule has 2 amide bonds. The third-order valence-corrected chi connectivity index (χ3v) is 3.86. The van der Waals surface area contributed by atoms with E-state index in [1.807, 2.05) is 0 Å². The van der Waals surface area contributed by atoms with Crippen molar-refractivity contribution in [2.24, 2.45) is 11.0 Å². The summed E-state index contributed by atoms with van der Waals surface area (Å²) in [6.07, 6.45) is 6.58. The van der Waals surface area contributed by atoms with E-state index in [0.29, 0.717) is 18.6 Å². The summed E-state index contributed by atoms with van der Waals surface area (Å²) >= 11 is 0. The number of rotatable bonds is 3. The van der Waals surface area contributed by atoms with Crippen molar-refractivity contribution in [1.29, 1.82) is 0 Å². The zero-order chi connectivity index (χ0) is 13.0. The SMILES string of the molecule is CCC1CCCC(NC(=O)C2=NNC(=O)CC2)C1. The highest BCUT2D eigenvalue weighted by atomic mass is 16.2. The highest BCUT2D eigenvalue weighted by Crippen LogP contribution is 2.26. The second-order valence-electron chi connectivity index (χ2n) is 5.20. The molecule has 2 rings (SSSR count). The van der Waals surface area contributed by atoms with Crippen LogP contribution in [0.15, 0.2) is 5.10 Å². The molecule has 0 radical (unpaired) electrons. The molecular weight excluding hydrogens is 230 g/mol. The van der Waals surface area contributed by atoms with Gasteiger partial charge in [-0.1, -0.05) is 26.2 Å². The molecule has 18 heavy (non-hydrogen) atoms. The lowest BCUT2D eigenvalue weighted by atomic mass is 9.84. The summed E-state index contributed by atoms with van der Waals surface area (Å²) in [6.45, 7) is 2.20. The number of hydrogen-bond donors (Lipinski definition) is 2. The van der Waals surface area contributed by atoms with E-state index in [4.69, 9.17) is 0 Å². The maximum Gasteiger partial charge on any atom is 0.267 e. The second-order valence-corrected chi connectivity index (χ2v) is 5.20. The second kappa shape index (κ2) is 5.98. The smallest absolute Gasteiger partial charge is 0.267 e. The number of carbonyl (C=O) groups is 2. The minimum absolute atomic E-state index is 0.114. The molecule has 1 saturated carbocycles. The Morgan fingerprint density at radius 2 is 2.28 bits per heavy atom. The fourth-order valence-electron chi connectivity index (χ4n) is 2.70. The average molecular weight is 251 g/mol. The first-order valence-electron chi connectivity index (χ1n) is 6.85. The number of nitrogens with zero attached hydrogens (tertiary/aromatic N) is 1. The molecule has 1 aliphatic heterocycles. The van der Waals surface area contributed by atoms with E-state index in [1.54, 1.807) is 0 Å². The molecular formula is C13H21N3O2. The molecule has 2 unspecified atom stereocenters. The summed E-state index contributed by atoms with van der Waals surface area (Å²) in [5, 5.41) is 6.87. The molecule has 2 N–H and O–H groups in total. The van der Waals surface area contributed by atoms with Gasteiger partial charge in [-0.2, -0.15) is 5.10 Å². The van der Waals surface area contributed by atoms with Crippen LogP contribution in [-0.4, -0.2) is 23.6 Å². The lowest BCUT2D eigenvalue weighted by molar-refractivity contribution is -0.121. The van der Waals surface area contributed by atoms with Gasteiger partial charge in [-0.3, -0.25) is 9.59 Å². The van der Waals surface area contributed by atoms with Gasteiger partial charge in [-0.15, -0.1) is 0 Å². The van der Waals surface area contributed by atoms with Gasteiger partial charge >= 0.3 is 0 Å². The van der Waals surface area contributed by atoms with E-state index in [2.05, 4.69) is 22.8 Å². The van der Waals surface area contributed by atoms with Crippen molar-refractivity contribution < 1.29 is 9.59 Å². The molecule has 5 nitrogen and oxygen atoms in total. The lowest BCUT2D eigenvalue weighted by Gasteiger charge is -2.29. The van der Waals surface area contributed by atoms with Crippen molar-refractivity contribution in [2.75, 3.05) is 0 Å². The minimum atomic E-state index is -0.115. The number of carbonyl (C=O) groups excluding carboxylic acids is 2. The summed E-state index contributed by atoms with van der Waals surface area (Å²) < 4.78 is 0. The normalized spacial score (nSPS) is 28.3. The third kappa shape index (κ3) is 3.31. The third-order valence-electron chi connectivity index (χ3n) is 3.86. The first-order chi connectivity index (χ1) is 8.69. The molecule has 0 saturated heterocycles. The molecule has 5 heteroatoms. The highest BCUT2D eigenvalue weighted by Gasteiger charge is 2.25. The summed E-state index contributed by atoms with van der Waals surface area (Å²) in [4.78, 5) is 22.9. The molecule has 1 fully saturated rings. The lowest BCUT2D eigenvalue weighted by Crippen LogP contribution is -2.43. The van der Waals surface area contributed by atoms with Crippen molar-refractivity contribution in [2.45, 2.75) is 57.9 Å². The number of nitrogens with one attached hydrogen (secondary N) is 2. The van der Waals surface area contributed by atoms with Gasteiger partial charge in [-0.25, -0.2) is 5.43 Å². The summed E-state index contributed by atoms with van der Waals surface area (Å²) in [5.74, 6) is 0.504. The highest BCUT2D eigenvalue weighted by molar-refractivity contribution is 6.39. The van der Waals surface area contributed by atoms with Crippen LogP contribution in [0.5, 0.6) is 0 Å². The maximum atomic E-state index is 12.0. The zero-order valence-electron chi connectivity index (χ0n) is 10.9. The van der Waals surface area contributed by atoms with Gasteiger partial charge < -0.3 is 5.32 Å². The molecule has 1 aliphatic carbocycles. The Kier molecular flexibility index (Phi) is 4.33. The van der Waals surface area contributed by atoms with Crippen LogP contribution in [0.2, 0.25) is 0 Å². The zero-order valence-corrected chi connectivity index (χ0v) is 10.9. The summed E-state index contributed by atoms with van der Waals surface area (Å²) in [7, 11) is 0. The van der Waals surface area contributed by atoms with Gasteiger partial charge in [0.2, 0.25) is 5.91 Å². The predicted octanol–water partition coefficient (Wildman–Crippen LogP) is 1.34. The van der Waals surface area contributed by atoms with Crippen molar-refractivity contribution in [3.63, 3.8) is 0 Å². The van der Waals surface area contributed by atoms with Crippen LogP contribution in [0.4, 0.5) is 0 Å². The number of hydrazone groups is 1. The van der Waals surface area contributed by atoms with Crippen LogP contribution in [0.3, 0.4) is 0 Å². The molecule has 100 valence electrons. The molecule has 2 aliphatic rings. The standard InChI is InChI=1S/C13H21N3O2/c1-2-9-4-3-5-10(8-9)14-13(18)11-6-7-12(17)16-15-11/h9-10H,2-8H2,1H3,(H,14,18)(H,16,17). The monoisotopic (exact) mass is 251 g/mol. The van der Waals surface area contributed by atoms with Crippen LogP contribution in [-0.2, 0) is 9.59 Å². The molecule has 0 aromatic carbocycles. The summed E-state index contributed by atoms with van der Waals surface area (Å²) in [6, 6.07) is 0.275. The average Bonchev–Trinajstić information content (AvgIpc) is 2.39. The number of hydrogen-bond acceptors (Lipinski definition) is 3. The summed E-state index contributed by atoms with van der Waals surface area (Å²) in [5.41, 5.74) is 2.81. The Bertz CT molecular complexity index is 365. The molecule has 0 aromatic heterocycles. The van der Waals surface area contributed by atoms with Gasteiger partial charge in [0.05, 0.1) is 0 Å². The number of amides is 2. The van der Waals surface area contributed by atoms with Gasteiger partial charge in [0.15, 0.2) is 0 Å². The van der Waals surface area contributed by atoms with Crippen LogP contribution in [0, 0.1) is 5.92 Å². The fourth-order valence-corrected chi connectivity index (χ4v) is 2.70. The first-order valence-corrected chi connectivity index (χ1v) is 6.85. The van der Waals surface area contributed by atoms with Crippen LogP contribution in [0.1, 0.15) is 51.9 Å². The van der Waals surface area contributed by atoms with Gasteiger partial charge in [0, 0.05) is 18.9 Å². The quantitative estimate of drug-likeness (QED) is 0.794. The van der Waals surface area contributed by atoms with E-state index < -0.39 is 0 Å². The maximum absolute atomic E-state index is 12.0. The Morgan fingerprint density at radius 1 is 1.44 bits per heavy atom. The van der Waals surface area contributed by atoms with E-state index >= 15 is 0 Å². The molecule has 0 bridgehead atoms. The van der Waals surface area contributed by atoms with E-state index in [9.17, 15) is 9.59 Å². The van der Waals surface area contributed by atoms with E-state index in [1.165, 1.54) is 19.3 Å². The minimum Gasteiger partial charge on any atom is -0.348 e. The largest absolute Gasteiger partial charge is 0.348 e. The van der Waals surface area contributed by atoms with Gasteiger partial charge in [-0.05, 0) is 18.8 Å². The van der Waals surface area contributed by atoms with E-state index in [-0.39, 0.29) is 17.9 Å². The van der Waals surface area contributed by atoms with E-state index in [0.717, 1.165) is 18.8 Å². The van der Waals surface area contributed by atoms with Crippen LogP contribution >= 0.6 is 0 Å². The Balaban J connectivity index is 1.85. The molecule has 2 atom stereocenters. The molecule has 0 spiro atoms. The Labute approximate surface area is 107 Å². The van der Waals surface area contributed by atoms with Crippen LogP contribution in [0.25, 0.3) is 0 Å². The van der Waals surface area contributed by atoms with Crippen molar-refractivity contribution in [3.8, 4) is 0 Å². The van der Waals surface area contributed by atoms with Crippen molar-refractivity contribution in [3.05, 3.63) is 0 Å². The Hall–Kier alpha value is -1.39. The topological polar surface area (TPSA) is 70.6 Å². The van der Waals surface area contributed by atoms with Crippen molar-refractivity contribution in [1.82, 2.24) is 10.7 Å².